The van der Waals surface area contributed by atoms with Crippen LogP contribution in [0.1, 0.15) is 32.5 Å². The van der Waals surface area contributed by atoms with Crippen LogP contribution in [0.5, 0.6) is 0 Å². The van der Waals surface area contributed by atoms with Gasteiger partial charge in [0, 0.05) is 9.75 Å². The first-order chi connectivity index (χ1) is 7.58. The molecule has 0 saturated heterocycles. The molecule has 1 aromatic carbocycles. The normalized spacial score (nSPS) is 12.8. The van der Waals surface area contributed by atoms with E-state index >= 15 is 0 Å². The molecule has 0 bridgehead atoms. The summed E-state index contributed by atoms with van der Waals surface area (Å²) in [5.74, 6) is 0. The summed E-state index contributed by atoms with van der Waals surface area (Å²) in [5.41, 5.74) is 3.36. The third-order valence-electron chi connectivity index (χ3n) is 2.72. The number of aliphatic hydroxyl groups is 1. The molecule has 1 atom stereocenters. The van der Waals surface area contributed by atoms with E-state index in [-0.39, 0.29) is 0 Å². The van der Waals surface area contributed by atoms with E-state index in [1.54, 1.807) is 11.3 Å². The molecule has 0 fully saturated rings. The van der Waals surface area contributed by atoms with Crippen LogP contribution in [0.15, 0.2) is 30.3 Å². The van der Waals surface area contributed by atoms with E-state index in [2.05, 4.69) is 26.8 Å². The summed E-state index contributed by atoms with van der Waals surface area (Å²) in [4.78, 5) is 2.31. The van der Waals surface area contributed by atoms with Crippen molar-refractivity contribution >= 4 is 11.3 Å². The van der Waals surface area contributed by atoms with Crippen molar-refractivity contribution in [3.63, 3.8) is 0 Å². The van der Waals surface area contributed by atoms with E-state index in [4.69, 9.17) is 0 Å². The fourth-order valence-electron chi connectivity index (χ4n) is 1.83. The maximum atomic E-state index is 10.3. The van der Waals surface area contributed by atoms with Gasteiger partial charge in [0.25, 0.3) is 0 Å². The average molecular weight is 232 g/mol. The van der Waals surface area contributed by atoms with Crippen LogP contribution >= 0.6 is 11.3 Å². The van der Waals surface area contributed by atoms with Crippen molar-refractivity contribution in [2.75, 3.05) is 0 Å². The number of aliphatic hydroxyl groups excluding tert-OH is 1. The Hall–Kier alpha value is -1.12. The molecule has 0 saturated carbocycles. The summed E-state index contributed by atoms with van der Waals surface area (Å²) in [6.45, 7) is 6.18. The Kier molecular flexibility index (Phi) is 3.13. The van der Waals surface area contributed by atoms with E-state index < -0.39 is 6.10 Å². The Morgan fingerprint density at radius 1 is 1.06 bits per heavy atom. The summed E-state index contributed by atoms with van der Waals surface area (Å²) in [6, 6.07) is 10.2. The van der Waals surface area contributed by atoms with E-state index in [9.17, 15) is 5.11 Å². The van der Waals surface area contributed by atoms with Gasteiger partial charge in [0.05, 0.1) is 0 Å². The third kappa shape index (κ3) is 2.18. The molecule has 0 radical (unpaired) electrons. The van der Waals surface area contributed by atoms with Gasteiger partial charge in [0.2, 0.25) is 0 Å². The van der Waals surface area contributed by atoms with Crippen LogP contribution in [-0.2, 0) is 0 Å². The minimum Gasteiger partial charge on any atom is -0.383 e. The minimum atomic E-state index is -0.487. The van der Waals surface area contributed by atoms with Crippen LogP contribution in [0.25, 0.3) is 0 Å². The van der Waals surface area contributed by atoms with Crippen LogP contribution < -0.4 is 0 Å². The van der Waals surface area contributed by atoms with Crippen molar-refractivity contribution in [2.24, 2.45) is 0 Å². The smallest absolute Gasteiger partial charge is 0.113 e. The molecule has 1 aromatic heterocycles. The highest BCUT2D eigenvalue weighted by atomic mass is 32.1. The molecule has 0 amide bonds. The second-order valence-corrected chi connectivity index (χ2v) is 5.51. The first kappa shape index (κ1) is 11.4. The van der Waals surface area contributed by atoms with Gasteiger partial charge in [-0.15, -0.1) is 11.3 Å². The predicted molar refractivity (Wildman–Crippen MR) is 69.0 cm³/mol. The number of aryl methyl sites for hydroxylation is 3. The highest BCUT2D eigenvalue weighted by Gasteiger charge is 2.15. The molecule has 0 aliphatic carbocycles. The van der Waals surface area contributed by atoms with Crippen molar-refractivity contribution in [1.82, 2.24) is 0 Å². The quantitative estimate of drug-likeness (QED) is 0.836. The highest BCUT2D eigenvalue weighted by molar-refractivity contribution is 7.12. The lowest BCUT2D eigenvalue weighted by molar-refractivity contribution is 0.223. The van der Waals surface area contributed by atoms with Crippen LogP contribution in [0.2, 0.25) is 0 Å². The van der Waals surface area contributed by atoms with E-state index in [1.807, 2.05) is 24.3 Å². The first-order valence-electron chi connectivity index (χ1n) is 5.39. The Morgan fingerprint density at radius 2 is 1.69 bits per heavy atom. The molecular formula is C14H16OS. The van der Waals surface area contributed by atoms with Crippen molar-refractivity contribution < 1.29 is 5.11 Å². The summed E-state index contributed by atoms with van der Waals surface area (Å²) in [6.07, 6.45) is -0.487. The lowest BCUT2D eigenvalue weighted by atomic mass is 10.0. The first-order valence-corrected chi connectivity index (χ1v) is 6.21. The topological polar surface area (TPSA) is 20.2 Å². The SMILES string of the molecule is Cc1ccc(C(O)c2sc(C)cc2C)cc1. The van der Waals surface area contributed by atoms with E-state index in [0.717, 1.165) is 10.4 Å². The van der Waals surface area contributed by atoms with Gasteiger partial charge in [-0.3, -0.25) is 0 Å². The highest BCUT2D eigenvalue weighted by Crippen LogP contribution is 2.31. The maximum Gasteiger partial charge on any atom is 0.113 e. The molecule has 1 N–H and O–H groups in total. The second kappa shape index (κ2) is 4.40. The molecule has 2 heteroatoms. The Balaban J connectivity index is 2.35. The van der Waals surface area contributed by atoms with E-state index in [1.165, 1.54) is 16.0 Å². The van der Waals surface area contributed by atoms with Gasteiger partial charge in [-0.2, -0.15) is 0 Å². The summed E-state index contributed by atoms with van der Waals surface area (Å²) in [5, 5.41) is 10.3. The number of thiophene rings is 1. The largest absolute Gasteiger partial charge is 0.383 e. The Morgan fingerprint density at radius 3 is 2.19 bits per heavy atom. The third-order valence-corrected chi connectivity index (χ3v) is 3.93. The standard InChI is InChI=1S/C14H16OS/c1-9-4-6-12(7-5-9)13(15)14-10(2)8-11(3)16-14/h4-8,13,15H,1-3H3. The molecule has 1 heterocycles. The minimum absolute atomic E-state index is 0.487. The zero-order chi connectivity index (χ0) is 11.7. The van der Waals surface area contributed by atoms with Crippen molar-refractivity contribution in [3.05, 3.63) is 56.8 Å². The molecule has 16 heavy (non-hydrogen) atoms. The summed E-state index contributed by atoms with van der Waals surface area (Å²) in [7, 11) is 0. The van der Waals surface area contributed by atoms with Gasteiger partial charge >= 0.3 is 0 Å². The van der Waals surface area contributed by atoms with Crippen LogP contribution in [0.4, 0.5) is 0 Å². The zero-order valence-electron chi connectivity index (χ0n) is 9.82. The van der Waals surface area contributed by atoms with Crippen molar-refractivity contribution in [2.45, 2.75) is 26.9 Å². The van der Waals surface area contributed by atoms with Gasteiger partial charge in [0.15, 0.2) is 0 Å². The Bertz CT molecular complexity index is 482. The van der Waals surface area contributed by atoms with Gasteiger partial charge < -0.3 is 5.11 Å². The molecule has 1 unspecified atom stereocenters. The molecule has 2 rings (SSSR count). The molecule has 1 nitrogen and oxygen atoms in total. The number of benzene rings is 1. The average Bonchev–Trinajstić information content (AvgIpc) is 2.58. The number of hydrogen-bond donors (Lipinski definition) is 1. The lowest BCUT2D eigenvalue weighted by Crippen LogP contribution is -1.98. The van der Waals surface area contributed by atoms with Gasteiger partial charge in [0.1, 0.15) is 6.10 Å². The molecule has 0 aliphatic rings. The zero-order valence-corrected chi connectivity index (χ0v) is 10.6. The molecule has 0 aliphatic heterocycles. The maximum absolute atomic E-state index is 10.3. The van der Waals surface area contributed by atoms with Gasteiger partial charge in [-0.25, -0.2) is 0 Å². The number of rotatable bonds is 2. The van der Waals surface area contributed by atoms with Crippen LogP contribution in [0.3, 0.4) is 0 Å². The predicted octanol–water partition coefficient (Wildman–Crippen LogP) is 3.76. The van der Waals surface area contributed by atoms with Crippen LogP contribution in [0, 0.1) is 20.8 Å². The fraction of sp³-hybridized carbons (Fsp3) is 0.286. The fourth-order valence-corrected chi connectivity index (χ4v) is 2.88. The van der Waals surface area contributed by atoms with Crippen LogP contribution in [-0.4, -0.2) is 5.11 Å². The van der Waals surface area contributed by atoms with Gasteiger partial charge in [-0.1, -0.05) is 29.8 Å². The second-order valence-electron chi connectivity index (χ2n) is 4.22. The summed E-state index contributed by atoms with van der Waals surface area (Å²) >= 11 is 1.67. The Labute approximate surface area is 100 Å². The van der Waals surface area contributed by atoms with Gasteiger partial charge in [-0.05, 0) is 38.0 Å². The van der Waals surface area contributed by atoms with Crippen molar-refractivity contribution in [1.29, 1.82) is 0 Å². The molecular weight excluding hydrogens is 216 g/mol. The monoisotopic (exact) mass is 232 g/mol. The molecule has 2 aromatic rings. The number of hydrogen-bond acceptors (Lipinski definition) is 2. The summed E-state index contributed by atoms with van der Waals surface area (Å²) < 4.78 is 0. The molecule has 84 valence electrons. The molecule has 0 spiro atoms. The lowest BCUT2D eigenvalue weighted by Gasteiger charge is -2.10. The van der Waals surface area contributed by atoms with E-state index in [0.29, 0.717) is 0 Å². The van der Waals surface area contributed by atoms with Crippen molar-refractivity contribution in [3.8, 4) is 0 Å².